The van der Waals surface area contributed by atoms with Crippen molar-refractivity contribution in [2.75, 3.05) is 13.1 Å². The molecule has 0 aliphatic heterocycles. The van der Waals surface area contributed by atoms with Crippen LogP contribution in [0.2, 0.25) is 0 Å². The Kier molecular flexibility index (Phi) is 6.89. The molecule has 0 saturated carbocycles. The molecule has 1 heterocycles. The standard InChI is InChI=1S/C21H27N3O2/c1-5-23(6-2)20(25)18-12-19(14-22-13-18)21(26)24(16(3)4)15-17-10-8-7-9-11-17/h7-14,16H,5-6,15H2,1-4H3. The number of benzene rings is 1. The summed E-state index contributed by atoms with van der Waals surface area (Å²) in [6.45, 7) is 9.61. The second-order valence-electron chi connectivity index (χ2n) is 6.45. The molecule has 26 heavy (non-hydrogen) atoms. The number of aromatic nitrogens is 1. The molecule has 0 N–H and O–H groups in total. The minimum atomic E-state index is -0.120. The first-order chi connectivity index (χ1) is 12.5. The summed E-state index contributed by atoms with van der Waals surface area (Å²) in [6.07, 6.45) is 3.05. The van der Waals surface area contributed by atoms with E-state index in [1.54, 1.807) is 15.9 Å². The Morgan fingerprint density at radius 2 is 1.54 bits per heavy atom. The summed E-state index contributed by atoms with van der Waals surface area (Å²) in [5.41, 5.74) is 1.95. The molecule has 2 amide bonds. The lowest BCUT2D eigenvalue weighted by Gasteiger charge is -2.27. The van der Waals surface area contributed by atoms with Crippen molar-refractivity contribution in [1.82, 2.24) is 14.8 Å². The van der Waals surface area contributed by atoms with Crippen molar-refractivity contribution in [1.29, 1.82) is 0 Å². The van der Waals surface area contributed by atoms with E-state index in [0.29, 0.717) is 30.8 Å². The fourth-order valence-corrected chi connectivity index (χ4v) is 2.80. The number of rotatable bonds is 7. The Balaban J connectivity index is 2.26. The van der Waals surface area contributed by atoms with Gasteiger partial charge in [0.25, 0.3) is 11.8 Å². The summed E-state index contributed by atoms with van der Waals surface area (Å²) >= 11 is 0. The van der Waals surface area contributed by atoms with Crippen molar-refractivity contribution >= 4 is 11.8 Å². The third kappa shape index (κ3) is 4.69. The highest BCUT2D eigenvalue weighted by atomic mass is 16.2. The van der Waals surface area contributed by atoms with Gasteiger partial charge in [-0.2, -0.15) is 0 Å². The van der Waals surface area contributed by atoms with Crippen LogP contribution < -0.4 is 0 Å². The van der Waals surface area contributed by atoms with Crippen LogP contribution in [0, 0.1) is 0 Å². The Hall–Kier alpha value is -2.69. The van der Waals surface area contributed by atoms with Crippen LogP contribution >= 0.6 is 0 Å². The van der Waals surface area contributed by atoms with E-state index in [-0.39, 0.29) is 17.9 Å². The van der Waals surface area contributed by atoms with Gasteiger partial charge in [-0.25, -0.2) is 0 Å². The number of hydrogen-bond donors (Lipinski definition) is 0. The first-order valence-electron chi connectivity index (χ1n) is 9.07. The highest BCUT2D eigenvalue weighted by Crippen LogP contribution is 2.15. The molecule has 1 aromatic carbocycles. The van der Waals surface area contributed by atoms with Crippen LogP contribution in [-0.2, 0) is 6.54 Å². The fourth-order valence-electron chi connectivity index (χ4n) is 2.80. The van der Waals surface area contributed by atoms with E-state index in [1.165, 1.54) is 12.4 Å². The number of carbonyl (C=O) groups excluding carboxylic acids is 2. The fraction of sp³-hybridized carbons (Fsp3) is 0.381. The van der Waals surface area contributed by atoms with E-state index >= 15 is 0 Å². The second kappa shape index (κ2) is 9.13. The predicted molar refractivity (Wildman–Crippen MR) is 103 cm³/mol. The monoisotopic (exact) mass is 353 g/mol. The molecular formula is C21H27N3O2. The highest BCUT2D eigenvalue weighted by Gasteiger charge is 2.21. The van der Waals surface area contributed by atoms with Crippen LogP contribution in [-0.4, -0.2) is 45.7 Å². The minimum Gasteiger partial charge on any atom is -0.339 e. The van der Waals surface area contributed by atoms with Gasteiger partial charge in [-0.1, -0.05) is 30.3 Å². The van der Waals surface area contributed by atoms with Gasteiger partial charge in [0.15, 0.2) is 0 Å². The van der Waals surface area contributed by atoms with Crippen molar-refractivity contribution in [2.45, 2.75) is 40.3 Å². The molecule has 0 spiro atoms. The van der Waals surface area contributed by atoms with Gasteiger partial charge in [-0.3, -0.25) is 14.6 Å². The Morgan fingerprint density at radius 3 is 2.08 bits per heavy atom. The zero-order chi connectivity index (χ0) is 19.1. The average Bonchev–Trinajstić information content (AvgIpc) is 2.67. The lowest BCUT2D eigenvalue weighted by molar-refractivity contribution is 0.0690. The minimum absolute atomic E-state index is 0.0323. The van der Waals surface area contributed by atoms with E-state index < -0.39 is 0 Å². The largest absolute Gasteiger partial charge is 0.339 e. The molecule has 0 bridgehead atoms. The van der Waals surface area contributed by atoms with E-state index in [9.17, 15) is 9.59 Å². The normalized spacial score (nSPS) is 10.7. The maximum absolute atomic E-state index is 13.0. The third-order valence-corrected chi connectivity index (χ3v) is 4.36. The molecule has 5 heteroatoms. The lowest BCUT2D eigenvalue weighted by atomic mass is 10.1. The molecule has 0 radical (unpaired) electrons. The first-order valence-corrected chi connectivity index (χ1v) is 9.07. The molecule has 2 aromatic rings. The molecule has 2 rings (SSSR count). The predicted octanol–water partition coefficient (Wildman–Crippen LogP) is 3.61. The number of carbonyl (C=O) groups is 2. The van der Waals surface area contributed by atoms with Crippen molar-refractivity contribution in [3.05, 3.63) is 65.5 Å². The summed E-state index contributed by atoms with van der Waals surface area (Å²) in [5, 5.41) is 0. The highest BCUT2D eigenvalue weighted by molar-refractivity contribution is 5.99. The maximum atomic E-state index is 13.0. The van der Waals surface area contributed by atoms with Crippen LogP contribution in [0.25, 0.3) is 0 Å². The Morgan fingerprint density at radius 1 is 0.962 bits per heavy atom. The molecule has 0 fully saturated rings. The van der Waals surface area contributed by atoms with Crippen molar-refractivity contribution < 1.29 is 9.59 Å². The molecular weight excluding hydrogens is 326 g/mol. The van der Waals surface area contributed by atoms with Crippen molar-refractivity contribution in [3.8, 4) is 0 Å². The first kappa shape index (κ1) is 19.6. The van der Waals surface area contributed by atoms with Gasteiger partial charge < -0.3 is 9.80 Å². The quantitative estimate of drug-likeness (QED) is 0.764. The molecule has 1 aromatic heterocycles. The topological polar surface area (TPSA) is 53.5 Å². The van der Waals surface area contributed by atoms with Gasteiger partial charge in [0.2, 0.25) is 0 Å². The molecule has 138 valence electrons. The van der Waals surface area contributed by atoms with Crippen LogP contribution in [0.5, 0.6) is 0 Å². The summed E-state index contributed by atoms with van der Waals surface area (Å²) in [7, 11) is 0. The maximum Gasteiger partial charge on any atom is 0.255 e. The Bertz CT molecular complexity index is 740. The zero-order valence-corrected chi connectivity index (χ0v) is 16.0. The average molecular weight is 353 g/mol. The number of pyridine rings is 1. The number of nitrogens with zero attached hydrogens (tertiary/aromatic N) is 3. The van der Waals surface area contributed by atoms with Gasteiger partial charge in [-0.15, -0.1) is 0 Å². The molecule has 0 saturated heterocycles. The summed E-state index contributed by atoms with van der Waals surface area (Å²) < 4.78 is 0. The second-order valence-corrected chi connectivity index (χ2v) is 6.45. The number of hydrogen-bond acceptors (Lipinski definition) is 3. The van der Waals surface area contributed by atoms with E-state index in [0.717, 1.165) is 5.56 Å². The SMILES string of the molecule is CCN(CC)C(=O)c1cncc(C(=O)N(Cc2ccccc2)C(C)C)c1. The van der Waals surface area contributed by atoms with E-state index in [1.807, 2.05) is 58.0 Å². The van der Waals surface area contributed by atoms with Crippen molar-refractivity contribution in [2.24, 2.45) is 0 Å². The van der Waals surface area contributed by atoms with Crippen LogP contribution in [0.15, 0.2) is 48.8 Å². The molecule has 0 aliphatic rings. The van der Waals surface area contributed by atoms with Gasteiger partial charge in [0.05, 0.1) is 11.1 Å². The van der Waals surface area contributed by atoms with Crippen LogP contribution in [0.4, 0.5) is 0 Å². The summed E-state index contributed by atoms with van der Waals surface area (Å²) in [6, 6.07) is 11.6. The molecule has 0 atom stereocenters. The van der Waals surface area contributed by atoms with Gasteiger partial charge in [0, 0.05) is 38.1 Å². The van der Waals surface area contributed by atoms with Crippen LogP contribution in [0.1, 0.15) is 54.0 Å². The van der Waals surface area contributed by atoms with E-state index in [4.69, 9.17) is 0 Å². The Labute approximate surface area is 155 Å². The molecule has 5 nitrogen and oxygen atoms in total. The van der Waals surface area contributed by atoms with Gasteiger partial charge in [0.1, 0.15) is 0 Å². The van der Waals surface area contributed by atoms with Crippen molar-refractivity contribution in [3.63, 3.8) is 0 Å². The zero-order valence-electron chi connectivity index (χ0n) is 16.0. The van der Waals surface area contributed by atoms with Gasteiger partial charge >= 0.3 is 0 Å². The van der Waals surface area contributed by atoms with Gasteiger partial charge in [-0.05, 0) is 39.3 Å². The smallest absolute Gasteiger partial charge is 0.255 e. The molecule has 0 aliphatic carbocycles. The summed E-state index contributed by atoms with van der Waals surface area (Å²) in [4.78, 5) is 33.2. The summed E-state index contributed by atoms with van der Waals surface area (Å²) in [5.74, 6) is -0.221. The van der Waals surface area contributed by atoms with E-state index in [2.05, 4.69) is 4.98 Å². The lowest BCUT2D eigenvalue weighted by Crippen LogP contribution is -2.36. The third-order valence-electron chi connectivity index (χ3n) is 4.36. The molecule has 0 unspecified atom stereocenters. The van der Waals surface area contributed by atoms with Crippen LogP contribution in [0.3, 0.4) is 0 Å². The number of amides is 2.